The Bertz CT molecular complexity index is 936. The molecule has 0 fully saturated rings. The number of hydrogen-bond acceptors (Lipinski definition) is 4. The fourth-order valence-electron chi connectivity index (χ4n) is 2.98. The average Bonchev–Trinajstić information content (AvgIpc) is 2.61. The molecular formula is C22H31NO4S. The molecule has 0 aliphatic heterocycles. The zero-order valence-electron chi connectivity index (χ0n) is 17.8. The highest BCUT2D eigenvalue weighted by molar-refractivity contribution is 7.89. The third-order valence-electron chi connectivity index (χ3n) is 4.77. The summed E-state index contributed by atoms with van der Waals surface area (Å²) < 4.78 is 39.8. The van der Waals surface area contributed by atoms with E-state index in [1.807, 2.05) is 45.9 Å². The van der Waals surface area contributed by atoms with E-state index < -0.39 is 10.0 Å². The smallest absolute Gasteiger partial charge is 0.241 e. The van der Waals surface area contributed by atoms with Gasteiger partial charge in [0.1, 0.15) is 18.1 Å². The zero-order chi connectivity index (χ0) is 21.1. The number of sulfonamides is 1. The lowest BCUT2D eigenvalue weighted by Crippen LogP contribution is -2.37. The van der Waals surface area contributed by atoms with Gasteiger partial charge in [0.2, 0.25) is 10.0 Å². The van der Waals surface area contributed by atoms with Gasteiger partial charge in [0.25, 0.3) is 0 Å². The number of benzene rings is 2. The van der Waals surface area contributed by atoms with Crippen LogP contribution < -0.4 is 14.2 Å². The average molecular weight is 406 g/mol. The molecule has 0 spiro atoms. The molecule has 0 bridgehead atoms. The molecule has 0 aliphatic carbocycles. The fourth-order valence-corrected chi connectivity index (χ4v) is 4.47. The molecule has 0 saturated heterocycles. The topological polar surface area (TPSA) is 64.6 Å². The molecule has 2 aromatic carbocycles. The number of nitrogens with one attached hydrogen (secondary N) is 1. The number of methoxy groups -OCH3 is 1. The molecule has 1 N–H and O–H groups in total. The van der Waals surface area contributed by atoms with E-state index in [1.165, 1.54) is 5.56 Å². The first kappa shape index (κ1) is 22.2. The van der Waals surface area contributed by atoms with Crippen LogP contribution in [0.25, 0.3) is 0 Å². The van der Waals surface area contributed by atoms with Gasteiger partial charge in [-0.25, -0.2) is 13.1 Å². The van der Waals surface area contributed by atoms with Crippen LogP contribution in [0.1, 0.15) is 48.9 Å². The van der Waals surface area contributed by atoms with Crippen molar-refractivity contribution in [3.8, 4) is 11.5 Å². The quantitative estimate of drug-likeness (QED) is 0.703. The van der Waals surface area contributed by atoms with Crippen LogP contribution in [0.5, 0.6) is 11.5 Å². The summed E-state index contributed by atoms with van der Waals surface area (Å²) >= 11 is 0. The molecule has 154 valence electrons. The minimum absolute atomic E-state index is 0.148. The van der Waals surface area contributed by atoms with Crippen molar-refractivity contribution in [2.75, 3.05) is 13.7 Å². The molecule has 0 aromatic heterocycles. The summed E-state index contributed by atoms with van der Waals surface area (Å²) in [6.45, 7) is 11.9. The van der Waals surface area contributed by atoms with E-state index in [4.69, 9.17) is 9.47 Å². The highest BCUT2D eigenvalue weighted by atomic mass is 32.2. The van der Waals surface area contributed by atoms with Gasteiger partial charge in [-0.3, -0.25) is 0 Å². The van der Waals surface area contributed by atoms with Gasteiger partial charge in [-0.2, -0.15) is 0 Å². The molecule has 0 heterocycles. The van der Waals surface area contributed by atoms with E-state index in [0.29, 0.717) is 11.3 Å². The molecule has 1 atom stereocenters. The number of ether oxygens (including phenoxy) is 2. The van der Waals surface area contributed by atoms with Gasteiger partial charge < -0.3 is 9.47 Å². The van der Waals surface area contributed by atoms with Gasteiger partial charge in [-0.05, 0) is 80.1 Å². The van der Waals surface area contributed by atoms with Gasteiger partial charge >= 0.3 is 0 Å². The second kappa shape index (κ2) is 8.97. The third kappa shape index (κ3) is 5.26. The monoisotopic (exact) mass is 405 g/mol. The maximum Gasteiger partial charge on any atom is 0.241 e. The summed E-state index contributed by atoms with van der Waals surface area (Å²) in [6.07, 6.45) is 0. The summed E-state index contributed by atoms with van der Waals surface area (Å²) in [5, 5.41) is 0. The Hall–Kier alpha value is -2.05. The Morgan fingerprint density at radius 2 is 1.64 bits per heavy atom. The molecule has 0 aliphatic rings. The Morgan fingerprint density at radius 1 is 0.964 bits per heavy atom. The third-order valence-corrected chi connectivity index (χ3v) is 6.51. The highest BCUT2D eigenvalue weighted by Gasteiger charge is 2.23. The summed E-state index contributed by atoms with van der Waals surface area (Å²) in [7, 11) is -2.08. The normalized spacial score (nSPS) is 12.9. The van der Waals surface area contributed by atoms with Crippen LogP contribution in [-0.2, 0) is 10.0 Å². The molecular weight excluding hydrogens is 374 g/mol. The zero-order valence-corrected chi connectivity index (χ0v) is 18.6. The van der Waals surface area contributed by atoms with Crippen molar-refractivity contribution in [2.45, 2.75) is 58.4 Å². The van der Waals surface area contributed by atoms with E-state index in [-0.39, 0.29) is 23.5 Å². The molecule has 28 heavy (non-hydrogen) atoms. The maximum atomic E-state index is 12.9. The van der Waals surface area contributed by atoms with Crippen molar-refractivity contribution < 1.29 is 17.9 Å². The predicted molar refractivity (Wildman–Crippen MR) is 113 cm³/mol. The van der Waals surface area contributed by atoms with E-state index >= 15 is 0 Å². The largest absolute Gasteiger partial charge is 0.496 e. The van der Waals surface area contributed by atoms with Gasteiger partial charge in [-0.15, -0.1) is 0 Å². The SMILES string of the molecule is COc1cc(C)c(S(=O)(=O)NC(C)COc2ccc(C)c(C)c2)cc1C(C)C. The predicted octanol–water partition coefficient (Wildman–Crippen LogP) is 4.49. The Morgan fingerprint density at radius 3 is 2.21 bits per heavy atom. The summed E-state index contributed by atoms with van der Waals surface area (Å²) in [4.78, 5) is 0.273. The lowest BCUT2D eigenvalue weighted by Gasteiger charge is -2.19. The van der Waals surface area contributed by atoms with Crippen LogP contribution in [0.3, 0.4) is 0 Å². The number of aryl methyl sites for hydroxylation is 3. The highest BCUT2D eigenvalue weighted by Crippen LogP contribution is 2.31. The molecule has 0 amide bonds. The van der Waals surface area contributed by atoms with Gasteiger partial charge in [-0.1, -0.05) is 19.9 Å². The van der Waals surface area contributed by atoms with Gasteiger partial charge in [0.15, 0.2) is 0 Å². The van der Waals surface area contributed by atoms with Crippen LogP contribution >= 0.6 is 0 Å². The Labute approximate surface area is 169 Å². The standard InChI is InChI=1S/C22H31NO4S/c1-14(2)20-12-22(17(5)11-21(20)26-7)28(24,25)23-18(6)13-27-19-9-8-15(3)16(4)10-19/h8-12,14,18,23H,13H2,1-7H3. The van der Waals surface area contributed by atoms with Crippen molar-refractivity contribution in [3.63, 3.8) is 0 Å². The Kier molecular flexibility index (Phi) is 7.12. The lowest BCUT2D eigenvalue weighted by atomic mass is 10.0. The van der Waals surface area contributed by atoms with Crippen LogP contribution in [0.2, 0.25) is 0 Å². The van der Waals surface area contributed by atoms with Crippen LogP contribution in [0.4, 0.5) is 0 Å². The number of rotatable bonds is 8. The second-order valence-corrected chi connectivity index (χ2v) is 9.28. The first-order valence-electron chi connectivity index (χ1n) is 9.46. The second-order valence-electron chi connectivity index (χ2n) is 7.59. The molecule has 2 aromatic rings. The summed E-state index contributed by atoms with van der Waals surface area (Å²) in [5.41, 5.74) is 3.85. The van der Waals surface area contributed by atoms with E-state index in [9.17, 15) is 8.42 Å². The van der Waals surface area contributed by atoms with E-state index in [0.717, 1.165) is 16.9 Å². The van der Waals surface area contributed by atoms with Gasteiger partial charge in [0, 0.05) is 0 Å². The first-order chi connectivity index (χ1) is 13.0. The van der Waals surface area contributed by atoms with E-state index in [1.54, 1.807) is 33.1 Å². The van der Waals surface area contributed by atoms with E-state index in [2.05, 4.69) is 4.72 Å². The minimum Gasteiger partial charge on any atom is -0.496 e. The summed E-state index contributed by atoms with van der Waals surface area (Å²) in [6, 6.07) is 8.95. The van der Waals surface area contributed by atoms with Crippen LogP contribution in [0.15, 0.2) is 35.2 Å². The first-order valence-corrected chi connectivity index (χ1v) is 10.9. The van der Waals surface area contributed by atoms with Crippen molar-refractivity contribution in [2.24, 2.45) is 0 Å². The minimum atomic E-state index is -3.68. The van der Waals surface area contributed by atoms with Crippen molar-refractivity contribution in [3.05, 3.63) is 52.6 Å². The number of hydrogen-bond donors (Lipinski definition) is 1. The molecule has 1 unspecified atom stereocenters. The fraction of sp³-hybridized carbons (Fsp3) is 0.455. The van der Waals surface area contributed by atoms with Gasteiger partial charge in [0.05, 0.1) is 18.0 Å². The summed E-state index contributed by atoms with van der Waals surface area (Å²) in [5.74, 6) is 1.59. The van der Waals surface area contributed by atoms with Crippen LogP contribution in [0, 0.1) is 20.8 Å². The molecule has 6 heteroatoms. The molecule has 2 rings (SSSR count). The molecule has 0 radical (unpaired) electrons. The lowest BCUT2D eigenvalue weighted by molar-refractivity contribution is 0.287. The van der Waals surface area contributed by atoms with Crippen molar-refractivity contribution in [1.82, 2.24) is 4.72 Å². The van der Waals surface area contributed by atoms with Crippen LogP contribution in [-0.4, -0.2) is 28.2 Å². The maximum absolute atomic E-state index is 12.9. The van der Waals surface area contributed by atoms with Crippen molar-refractivity contribution >= 4 is 10.0 Å². The Balaban J connectivity index is 2.16. The van der Waals surface area contributed by atoms with Crippen molar-refractivity contribution in [1.29, 1.82) is 0 Å². The molecule has 5 nitrogen and oxygen atoms in total. The molecule has 0 saturated carbocycles.